The van der Waals surface area contributed by atoms with Crippen LogP contribution in [0.4, 0.5) is 11.4 Å². The molecular formula is C22H22N2O3S. The van der Waals surface area contributed by atoms with E-state index in [2.05, 4.69) is 5.32 Å². The highest BCUT2D eigenvalue weighted by Gasteiger charge is 2.18. The van der Waals surface area contributed by atoms with E-state index >= 15 is 0 Å². The molecule has 0 saturated carbocycles. The second kappa shape index (κ2) is 8.27. The van der Waals surface area contributed by atoms with Crippen molar-refractivity contribution < 1.29 is 13.2 Å². The van der Waals surface area contributed by atoms with Gasteiger partial charge in [0.15, 0.2) is 0 Å². The molecule has 0 radical (unpaired) electrons. The first-order valence-corrected chi connectivity index (χ1v) is 10.7. The van der Waals surface area contributed by atoms with E-state index in [9.17, 15) is 13.2 Å². The molecule has 5 nitrogen and oxygen atoms in total. The lowest BCUT2D eigenvalue weighted by Gasteiger charge is -2.22. The number of sulfonamides is 1. The van der Waals surface area contributed by atoms with Gasteiger partial charge in [0.1, 0.15) is 0 Å². The Hall–Kier alpha value is -3.12. The van der Waals surface area contributed by atoms with Crippen molar-refractivity contribution in [1.29, 1.82) is 0 Å². The predicted octanol–water partition coefficient (Wildman–Crippen LogP) is 4.21. The Morgan fingerprint density at radius 2 is 1.50 bits per heavy atom. The normalized spacial score (nSPS) is 11.1. The van der Waals surface area contributed by atoms with Crippen LogP contribution in [0.25, 0.3) is 0 Å². The third kappa shape index (κ3) is 4.78. The quantitative estimate of drug-likeness (QED) is 0.681. The number of carbonyl (C=O) groups excluding carboxylic acids is 1. The van der Waals surface area contributed by atoms with Crippen molar-refractivity contribution >= 4 is 27.3 Å². The maximum absolute atomic E-state index is 12.5. The van der Waals surface area contributed by atoms with Gasteiger partial charge in [-0.05, 0) is 48.4 Å². The van der Waals surface area contributed by atoms with Gasteiger partial charge in [0, 0.05) is 11.3 Å². The minimum absolute atomic E-state index is 0.231. The largest absolute Gasteiger partial charge is 0.322 e. The summed E-state index contributed by atoms with van der Waals surface area (Å²) in [5.74, 6) is -0.241. The molecule has 0 spiro atoms. The van der Waals surface area contributed by atoms with Crippen molar-refractivity contribution in [3.63, 3.8) is 0 Å². The molecule has 1 N–H and O–H groups in total. The number of nitrogens with one attached hydrogen (secondary N) is 1. The lowest BCUT2D eigenvalue weighted by molar-refractivity contribution is 0.102. The summed E-state index contributed by atoms with van der Waals surface area (Å²) in [5, 5.41) is 2.87. The van der Waals surface area contributed by atoms with E-state index in [0.717, 1.165) is 16.8 Å². The number of anilines is 2. The van der Waals surface area contributed by atoms with Crippen molar-refractivity contribution in [3.05, 3.63) is 95.6 Å². The monoisotopic (exact) mass is 394 g/mol. The van der Waals surface area contributed by atoms with Crippen LogP contribution in [0.1, 0.15) is 21.5 Å². The van der Waals surface area contributed by atoms with Crippen LogP contribution < -0.4 is 9.62 Å². The summed E-state index contributed by atoms with van der Waals surface area (Å²) in [4.78, 5) is 12.5. The van der Waals surface area contributed by atoms with Gasteiger partial charge in [-0.3, -0.25) is 9.10 Å². The maximum atomic E-state index is 12.5. The minimum atomic E-state index is -3.47. The molecule has 0 aromatic heterocycles. The first-order chi connectivity index (χ1) is 13.3. The smallest absolute Gasteiger partial charge is 0.255 e. The van der Waals surface area contributed by atoms with Gasteiger partial charge in [0.05, 0.1) is 18.5 Å². The third-order valence-corrected chi connectivity index (χ3v) is 5.52. The van der Waals surface area contributed by atoms with Crippen LogP contribution in [0, 0.1) is 6.92 Å². The van der Waals surface area contributed by atoms with E-state index < -0.39 is 10.0 Å². The van der Waals surface area contributed by atoms with Gasteiger partial charge in [0.2, 0.25) is 10.0 Å². The van der Waals surface area contributed by atoms with Gasteiger partial charge >= 0.3 is 0 Å². The fourth-order valence-electron chi connectivity index (χ4n) is 2.84. The molecule has 0 bridgehead atoms. The molecule has 0 aliphatic rings. The number of amides is 1. The van der Waals surface area contributed by atoms with Crippen LogP contribution >= 0.6 is 0 Å². The van der Waals surface area contributed by atoms with Crippen LogP contribution in [0.2, 0.25) is 0 Å². The summed E-state index contributed by atoms with van der Waals surface area (Å²) in [5.41, 5.74) is 3.57. The Labute approximate surface area is 165 Å². The highest BCUT2D eigenvalue weighted by atomic mass is 32.2. The van der Waals surface area contributed by atoms with Crippen LogP contribution in [0.3, 0.4) is 0 Å². The predicted molar refractivity (Wildman–Crippen MR) is 113 cm³/mol. The third-order valence-electron chi connectivity index (χ3n) is 4.38. The number of hydrogen-bond acceptors (Lipinski definition) is 3. The fraction of sp³-hybridized carbons (Fsp3) is 0.136. The van der Waals surface area contributed by atoms with Crippen LogP contribution in [0.5, 0.6) is 0 Å². The highest BCUT2D eigenvalue weighted by Crippen LogP contribution is 2.22. The number of rotatable bonds is 6. The maximum Gasteiger partial charge on any atom is 0.255 e. The topological polar surface area (TPSA) is 66.5 Å². The zero-order chi connectivity index (χ0) is 20.1. The molecule has 6 heteroatoms. The number of benzene rings is 3. The van der Waals surface area contributed by atoms with Gasteiger partial charge in [-0.2, -0.15) is 0 Å². The molecule has 0 unspecified atom stereocenters. The Kier molecular flexibility index (Phi) is 5.80. The standard InChI is InChI=1S/C22H22N2O3S/c1-17-8-6-7-11-21(17)23-22(25)19-12-14-20(15-13-19)24(28(2,26)27)16-18-9-4-3-5-10-18/h3-15H,16H2,1-2H3,(H,23,25). The molecule has 0 fully saturated rings. The Bertz CT molecular complexity index is 1060. The van der Waals surface area contributed by atoms with Gasteiger partial charge in [-0.25, -0.2) is 8.42 Å². The Balaban J connectivity index is 1.81. The summed E-state index contributed by atoms with van der Waals surface area (Å²) >= 11 is 0. The number of carbonyl (C=O) groups is 1. The molecule has 0 atom stereocenters. The van der Waals surface area contributed by atoms with Crippen LogP contribution in [0.15, 0.2) is 78.9 Å². The second-order valence-electron chi connectivity index (χ2n) is 6.57. The molecule has 144 valence electrons. The number of aryl methyl sites for hydroxylation is 1. The van der Waals surface area contributed by atoms with E-state index in [4.69, 9.17) is 0 Å². The van der Waals surface area contributed by atoms with Gasteiger partial charge in [-0.1, -0.05) is 48.5 Å². The van der Waals surface area contributed by atoms with Crippen molar-refractivity contribution in [2.24, 2.45) is 0 Å². The van der Waals surface area contributed by atoms with Crippen molar-refractivity contribution in [1.82, 2.24) is 0 Å². The SMILES string of the molecule is Cc1ccccc1NC(=O)c1ccc(N(Cc2ccccc2)S(C)(=O)=O)cc1. The molecular weight excluding hydrogens is 372 g/mol. The highest BCUT2D eigenvalue weighted by molar-refractivity contribution is 7.92. The molecule has 3 aromatic carbocycles. The van der Waals surface area contributed by atoms with Gasteiger partial charge < -0.3 is 5.32 Å². The summed E-state index contributed by atoms with van der Waals surface area (Å²) in [6.45, 7) is 2.15. The first kappa shape index (κ1) is 19.6. The summed E-state index contributed by atoms with van der Waals surface area (Å²) in [6.07, 6.45) is 1.18. The molecule has 0 aliphatic heterocycles. The Morgan fingerprint density at radius 3 is 2.11 bits per heavy atom. The molecule has 0 saturated heterocycles. The van der Waals surface area contributed by atoms with Crippen molar-refractivity contribution in [2.75, 3.05) is 15.9 Å². The summed E-state index contributed by atoms with van der Waals surface area (Å²) in [6, 6.07) is 23.5. The van der Waals surface area contributed by atoms with Crippen LogP contribution in [-0.4, -0.2) is 20.6 Å². The minimum Gasteiger partial charge on any atom is -0.322 e. The lowest BCUT2D eigenvalue weighted by atomic mass is 10.1. The average molecular weight is 394 g/mol. The van der Waals surface area contributed by atoms with Gasteiger partial charge in [0.25, 0.3) is 5.91 Å². The van der Waals surface area contributed by atoms with Crippen LogP contribution in [-0.2, 0) is 16.6 Å². The zero-order valence-electron chi connectivity index (χ0n) is 15.8. The number of para-hydroxylation sites is 1. The zero-order valence-corrected chi connectivity index (χ0v) is 16.6. The summed E-state index contributed by atoms with van der Waals surface area (Å²) in [7, 11) is -3.47. The van der Waals surface area contributed by atoms with E-state index in [-0.39, 0.29) is 12.5 Å². The number of hydrogen-bond donors (Lipinski definition) is 1. The molecule has 1 amide bonds. The van der Waals surface area contributed by atoms with Crippen molar-refractivity contribution in [2.45, 2.75) is 13.5 Å². The van der Waals surface area contributed by atoms with E-state index in [1.54, 1.807) is 24.3 Å². The van der Waals surface area contributed by atoms with E-state index in [1.165, 1.54) is 10.6 Å². The van der Waals surface area contributed by atoms with Crippen molar-refractivity contribution in [3.8, 4) is 0 Å². The second-order valence-corrected chi connectivity index (χ2v) is 8.48. The van der Waals surface area contributed by atoms with E-state index in [0.29, 0.717) is 11.3 Å². The average Bonchev–Trinajstić information content (AvgIpc) is 2.68. The molecule has 3 aromatic rings. The molecule has 3 rings (SSSR count). The fourth-order valence-corrected chi connectivity index (χ4v) is 3.72. The lowest BCUT2D eigenvalue weighted by Crippen LogP contribution is -2.29. The molecule has 0 aliphatic carbocycles. The molecule has 0 heterocycles. The van der Waals surface area contributed by atoms with E-state index in [1.807, 2.05) is 61.5 Å². The summed E-state index contributed by atoms with van der Waals surface area (Å²) < 4.78 is 25.9. The first-order valence-electron chi connectivity index (χ1n) is 8.83. The number of nitrogens with zero attached hydrogens (tertiary/aromatic N) is 1. The van der Waals surface area contributed by atoms with Gasteiger partial charge in [-0.15, -0.1) is 0 Å². The Morgan fingerprint density at radius 1 is 0.893 bits per heavy atom. The molecule has 28 heavy (non-hydrogen) atoms.